The molecule has 3 N–H and O–H groups in total. The lowest BCUT2D eigenvalue weighted by Gasteiger charge is -2.13. The molecule has 0 aliphatic heterocycles. The number of nitrogens with zero attached hydrogens (tertiary/aromatic N) is 1. The van der Waals surface area contributed by atoms with E-state index in [0.29, 0.717) is 12.1 Å². The molecule has 0 saturated heterocycles. The van der Waals surface area contributed by atoms with Crippen LogP contribution in [0, 0.1) is 0 Å². The number of aliphatic imine (C=N–C) groups is 1. The highest BCUT2D eigenvalue weighted by atomic mass is 127. The minimum atomic E-state index is -0.0342. The van der Waals surface area contributed by atoms with Crippen molar-refractivity contribution in [1.82, 2.24) is 16.0 Å². The van der Waals surface area contributed by atoms with Crippen LogP contribution in [-0.2, 0) is 13.0 Å². The lowest BCUT2D eigenvalue weighted by molar-refractivity contribution is 0.0939. The zero-order chi connectivity index (χ0) is 20.2. The third-order valence-corrected chi connectivity index (χ3v) is 4.49. The van der Waals surface area contributed by atoms with Crippen LogP contribution in [0.25, 0.3) is 0 Å². The summed E-state index contributed by atoms with van der Waals surface area (Å²) in [6.07, 6.45) is 1.85. The van der Waals surface area contributed by atoms with E-state index in [9.17, 15) is 4.79 Å². The minimum absolute atomic E-state index is 0. The average Bonchev–Trinajstić information content (AvgIpc) is 2.73. The predicted molar refractivity (Wildman–Crippen MR) is 132 cm³/mol. The summed E-state index contributed by atoms with van der Waals surface area (Å²) < 4.78 is 0. The maximum absolute atomic E-state index is 12.3. The molecule has 29 heavy (non-hydrogen) atoms. The van der Waals surface area contributed by atoms with Gasteiger partial charge in [-0.3, -0.25) is 4.79 Å². The number of benzene rings is 2. The number of amides is 1. The van der Waals surface area contributed by atoms with Gasteiger partial charge in [0.05, 0.1) is 6.54 Å². The molecule has 0 radical (unpaired) electrons. The van der Waals surface area contributed by atoms with Gasteiger partial charge in [-0.05, 0) is 49.9 Å². The van der Waals surface area contributed by atoms with E-state index in [1.807, 2.05) is 44.2 Å². The first kappa shape index (κ1) is 24.9. The second kappa shape index (κ2) is 14.0. The van der Waals surface area contributed by atoms with Gasteiger partial charge in [-0.2, -0.15) is 0 Å². The number of halogens is 1. The highest BCUT2D eigenvalue weighted by molar-refractivity contribution is 14.0. The van der Waals surface area contributed by atoms with Gasteiger partial charge in [-0.15, -0.1) is 24.0 Å². The summed E-state index contributed by atoms with van der Waals surface area (Å²) in [7, 11) is 0. The molecule has 6 heteroatoms. The van der Waals surface area contributed by atoms with Crippen molar-refractivity contribution in [2.75, 3.05) is 13.1 Å². The third kappa shape index (κ3) is 9.30. The topological polar surface area (TPSA) is 65.5 Å². The normalized spacial score (nSPS) is 11.9. The van der Waals surface area contributed by atoms with Crippen LogP contribution in [0.4, 0.5) is 0 Å². The Labute approximate surface area is 191 Å². The molecule has 2 rings (SSSR count). The summed E-state index contributed by atoms with van der Waals surface area (Å²) in [5.41, 5.74) is 2.98. The fraction of sp³-hybridized carbons (Fsp3) is 0.391. The Morgan fingerprint density at radius 1 is 1.00 bits per heavy atom. The quantitative estimate of drug-likeness (QED) is 0.271. The first-order chi connectivity index (χ1) is 13.6. The average molecular weight is 508 g/mol. The van der Waals surface area contributed by atoms with Crippen LogP contribution in [0.1, 0.15) is 48.7 Å². The molecular formula is C23H33IN4O. The minimum Gasteiger partial charge on any atom is -0.357 e. The summed E-state index contributed by atoms with van der Waals surface area (Å²) in [6.45, 7) is 8.25. The van der Waals surface area contributed by atoms with Crippen LogP contribution in [0.15, 0.2) is 59.6 Å². The van der Waals surface area contributed by atoms with E-state index >= 15 is 0 Å². The molecular weight excluding hydrogens is 475 g/mol. The Balaban J connectivity index is 0.00000420. The fourth-order valence-electron chi connectivity index (χ4n) is 2.70. The van der Waals surface area contributed by atoms with Gasteiger partial charge >= 0.3 is 0 Å². The van der Waals surface area contributed by atoms with Gasteiger partial charge in [0.2, 0.25) is 0 Å². The molecule has 0 aliphatic rings. The standard InChI is InChI=1S/C23H32N4O.HI/c1-4-18(3)27-22(28)21-13-9-12-20(16-21)17-26-23(24-5-2)25-15-14-19-10-7-6-8-11-19;/h6-13,16,18H,4-5,14-15,17H2,1-3H3,(H,27,28)(H2,24,25,26);1H. The molecule has 0 aromatic heterocycles. The predicted octanol–water partition coefficient (Wildman–Crippen LogP) is 4.13. The Bertz CT molecular complexity index is 764. The van der Waals surface area contributed by atoms with Crippen molar-refractivity contribution < 1.29 is 4.79 Å². The molecule has 2 aromatic rings. The van der Waals surface area contributed by atoms with Crippen molar-refractivity contribution >= 4 is 35.8 Å². The van der Waals surface area contributed by atoms with Gasteiger partial charge in [0, 0.05) is 24.7 Å². The van der Waals surface area contributed by atoms with Crippen molar-refractivity contribution in [3.8, 4) is 0 Å². The van der Waals surface area contributed by atoms with Gasteiger partial charge in [0.25, 0.3) is 5.91 Å². The molecule has 0 fully saturated rings. The molecule has 2 aromatic carbocycles. The Kier molecular flexibility index (Phi) is 12.0. The molecule has 1 amide bonds. The number of nitrogens with one attached hydrogen (secondary N) is 3. The van der Waals surface area contributed by atoms with Crippen molar-refractivity contribution in [2.45, 2.75) is 46.2 Å². The molecule has 0 heterocycles. The van der Waals surface area contributed by atoms with Crippen molar-refractivity contribution in [1.29, 1.82) is 0 Å². The smallest absolute Gasteiger partial charge is 0.251 e. The Morgan fingerprint density at radius 3 is 2.41 bits per heavy atom. The summed E-state index contributed by atoms with van der Waals surface area (Å²) >= 11 is 0. The molecule has 0 aliphatic carbocycles. The second-order valence-corrected chi connectivity index (χ2v) is 6.84. The third-order valence-electron chi connectivity index (χ3n) is 4.49. The molecule has 5 nitrogen and oxygen atoms in total. The number of guanidine groups is 1. The van der Waals surface area contributed by atoms with Crippen LogP contribution in [0.2, 0.25) is 0 Å². The van der Waals surface area contributed by atoms with E-state index < -0.39 is 0 Å². The maximum Gasteiger partial charge on any atom is 0.251 e. The van der Waals surface area contributed by atoms with Gasteiger partial charge in [0.15, 0.2) is 5.96 Å². The van der Waals surface area contributed by atoms with Crippen LogP contribution >= 0.6 is 24.0 Å². The molecule has 0 bridgehead atoms. The fourth-order valence-corrected chi connectivity index (χ4v) is 2.70. The largest absolute Gasteiger partial charge is 0.357 e. The number of hydrogen-bond donors (Lipinski definition) is 3. The first-order valence-electron chi connectivity index (χ1n) is 10.1. The summed E-state index contributed by atoms with van der Waals surface area (Å²) in [5.74, 6) is 0.751. The lowest BCUT2D eigenvalue weighted by Crippen LogP contribution is -2.38. The highest BCUT2D eigenvalue weighted by Gasteiger charge is 2.09. The monoisotopic (exact) mass is 508 g/mol. The van der Waals surface area contributed by atoms with E-state index in [2.05, 4.69) is 52.1 Å². The van der Waals surface area contributed by atoms with Gasteiger partial charge in [-0.1, -0.05) is 49.4 Å². The van der Waals surface area contributed by atoms with Gasteiger partial charge < -0.3 is 16.0 Å². The molecule has 0 saturated carbocycles. The zero-order valence-electron chi connectivity index (χ0n) is 17.6. The van der Waals surface area contributed by atoms with E-state index in [0.717, 1.165) is 37.5 Å². The van der Waals surface area contributed by atoms with Crippen molar-refractivity contribution in [3.63, 3.8) is 0 Å². The molecule has 0 spiro atoms. The van der Waals surface area contributed by atoms with Crippen molar-refractivity contribution in [2.24, 2.45) is 4.99 Å². The summed E-state index contributed by atoms with van der Waals surface area (Å²) in [4.78, 5) is 17.0. The maximum atomic E-state index is 12.3. The van der Waals surface area contributed by atoms with Crippen LogP contribution in [0.3, 0.4) is 0 Å². The lowest BCUT2D eigenvalue weighted by atomic mass is 10.1. The highest BCUT2D eigenvalue weighted by Crippen LogP contribution is 2.07. The van der Waals surface area contributed by atoms with Gasteiger partial charge in [-0.25, -0.2) is 4.99 Å². The van der Waals surface area contributed by atoms with E-state index in [-0.39, 0.29) is 35.9 Å². The molecule has 1 atom stereocenters. The first-order valence-corrected chi connectivity index (χ1v) is 10.1. The molecule has 158 valence electrons. The van der Waals surface area contributed by atoms with Crippen LogP contribution < -0.4 is 16.0 Å². The number of carbonyl (C=O) groups is 1. The van der Waals surface area contributed by atoms with E-state index in [4.69, 9.17) is 0 Å². The SMILES string of the molecule is CCNC(=NCc1cccc(C(=O)NC(C)CC)c1)NCCc1ccccc1.I. The number of carbonyl (C=O) groups excluding carboxylic acids is 1. The van der Waals surface area contributed by atoms with Gasteiger partial charge in [0.1, 0.15) is 0 Å². The number of hydrogen-bond acceptors (Lipinski definition) is 2. The Morgan fingerprint density at radius 2 is 1.72 bits per heavy atom. The second-order valence-electron chi connectivity index (χ2n) is 6.84. The molecule has 1 unspecified atom stereocenters. The van der Waals surface area contributed by atoms with E-state index in [1.54, 1.807) is 0 Å². The summed E-state index contributed by atoms with van der Waals surface area (Å²) in [6, 6.07) is 18.2. The Hall–Kier alpha value is -2.09. The summed E-state index contributed by atoms with van der Waals surface area (Å²) in [5, 5.41) is 9.64. The van der Waals surface area contributed by atoms with Crippen LogP contribution in [-0.4, -0.2) is 31.0 Å². The van der Waals surface area contributed by atoms with Crippen LogP contribution in [0.5, 0.6) is 0 Å². The zero-order valence-corrected chi connectivity index (χ0v) is 19.9. The van der Waals surface area contributed by atoms with Crippen molar-refractivity contribution in [3.05, 3.63) is 71.3 Å². The number of rotatable bonds is 9. The van der Waals surface area contributed by atoms with E-state index in [1.165, 1.54) is 5.56 Å².